The number of hydrogen-bond acceptors (Lipinski definition) is 5. The molecule has 27 heavy (non-hydrogen) atoms. The van der Waals surface area contributed by atoms with E-state index in [1.54, 1.807) is 12.0 Å². The number of carbonyl (C=O) groups is 1. The van der Waals surface area contributed by atoms with Gasteiger partial charge in [-0.05, 0) is 5.56 Å². The van der Waals surface area contributed by atoms with Gasteiger partial charge in [0, 0.05) is 38.3 Å². The second-order valence-electron chi connectivity index (χ2n) is 6.53. The van der Waals surface area contributed by atoms with E-state index in [-0.39, 0.29) is 12.5 Å². The largest absolute Gasteiger partial charge is 0.497 e. The summed E-state index contributed by atoms with van der Waals surface area (Å²) in [6, 6.07) is 13.4. The van der Waals surface area contributed by atoms with Gasteiger partial charge in [0.15, 0.2) is 12.4 Å². The van der Waals surface area contributed by atoms with Crippen LogP contribution >= 0.6 is 11.6 Å². The summed E-state index contributed by atoms with van der Waals surface area (Å²) in [7, 11) is 1.62. The van der Waals surface area contributed by atoms with E-state index in [0.717, 1.165) is 37.4 Å². The van der Waals surface area contributed by atoms with Crippen LogP contribution in [0.15, 0.2) is 42.5 Å². The minimum atomic E-state index is -0.621. The number of anilines is 2. The molecule has 4 rings (SSSR count). The minimum absolute atomic E-state index is 0.0333. The SMILES string of the molecule is COc1cc(N2CCNCC2)c2c(c1)N(C(Cl)c1ccccc1)C(=O)CO2. The zero-order chi connectivity index (χ0) is 18.8. The number of nitrogens with one attached hydrogen (secondary N) is 1. The highest BCUT2D eigenvalue weighted by atomic mass is 35.5. The predicted molar refractivity (Wildman–Crippen MR) is 106 cm³/mol. The minimum Gasteiger partial charge on any atom is -0.497 e. The van der Waals surface area contributed by atoms with Crippen LogP contribution in [0.3, 0.4) is 0 Å². The lowest BCUT2D eigenvalue weighted by Crippen LogP contribution is -2.45. The first-order valence-corrected chi connectivity index (χ1v) is 9.44. The molecule has 0 spiro atoms. The second-order valence-corrected chi connectivity index (χ2v) is 6.94. The van der Waals surface area contributed by atoms with Crippen molar-refractivity contribution in [2.24, 2.45) is 0 Å². The molecule has 142 valence electrons. The lowest BCUT2D eigenvalue weighted by atomic mass is 10.1. The zero-order valence-electron chi connectivity index (χ0n) is 15.2. The summed E-state index contributed by atoms with van der Waals surface area (Å²) in [4.78, 5) is 16.6. The van der Waals surface area contributed by atoms with Crippen LogP contribution in [0.1, 0.15) is 11.1 Å². The molecule has 1 atom stereocenters. The van der Waals surface area contributed by atoms with Crippen LogP contribution in [-0.2, 0) is 4.79 Å². The van der Waals surface area contributed by atoms with Crippen LogP contribution in [0.25, 0.3) is 0 Å². The average molecular weight is 388 g/mol. The van der Waals surface area contributed by atoms with Gasteiger partial charge in [-0.3, -0.25) is 9.69 Å². The van der Waals surface area contributed by atoms with Crippen molar-refractivity contribution in [1.29, 1.82) is 0 Å². The Morgan fingerprint density at radius 1 is 1.15 bits per heavy atom. The Bertz CT molecular complexity index is 825. The van der Waals surface area contributed by atoms with Gasteiger partial charge < -0.3 is 19.7 Å². The Morgan fingerprint density at radius 3 is 2.56 bits per heavy atom. The topological polar surface area (TPSA) is 54.0 Å². The Balaban J connectivity index is 1.80. The fourth-order valence-corrected chi connectivity index (χ4v) is 3.87. The summed E-state index contributed by atoms with van der Waals surface area (Å²) in [5.74, 6) is 1.17. The van der Waals surface area contributed by atoms with Gasteiger partial charge in [-0.25, -0.2) is 0 Å². The standard InChI is InChI=1S/C20H22ClN3O3/c1-26-15-11-16(23-9-7-22-8-10-23)19-17(12-15)24(18(25)13-27-19)20(21)14-5-3-2-4-6-14/h2-6,11-12,20,22H,7-10,13H2,1H3. The van der Waals surface area contributed by atoms with Crippen LogP contribution in [0.4, 0.5) is 11.4 Å². The van der Waals surface area contributed by atoms with E-state index >= 15 is 0 Å². The molecule has 2 heterocycles. The Morgan fingerprint density at radius 2 is 1.85 bits per heavy atom. The van der Waals surface area contributed by atoms with E-state index in [4.69, 9.17) is 21.1 Å². The number of amides is 1. The lowest BCUT2D eigenvalue weighted by Gasteiger charge is -2.37. The molecule has 1 amide bonds. The maximum atomic E-state index is 12.7. The van der Waals surface area contributed by atoms with Crippen molar-refractivity contribution >= 4 is 28.9 Å². The maximum Gasteiger partial charge on any atom is 0.266 e. The molecule has 1 saturated heterocycles. The number of hydrogen-bond donors (Lipinski definition) is 1. The van der Waals surface area contributed by atoms with E-state index in [1.165, 1.54) is 0 Å². The number of carbonyl (C=O) groups excluding carboxylic acids is 1. The van der Waals surface area contributed by atoms with Crippen LogP contribution in [-0.4, -0.2) is 45.8 Å². The van der Waals surface area contributed by atoms with E-state index in [1.807, 2.05) is 42.5 Å². The lowest BCUT2D eigenvalue weighted by molar-refractivity contribution is -0.121. The third-order valence-electron chi connectivity index (χ3n) is 4.89. The van der Waals surface area contributed by atoms with Crippen molar-refractivity contribution in [2.75, 3.05) is 49.7 Å². The number of fused-ring (bicyclic) bond motifs is 1. The Kier molecular flexibility index (Phi) is 5.09. The van der Waals surface area contributed by atoms with Crippen molar-refractivity contribution in [3.8, 4) is 11.5 Å². The Hall–Kier alpha value is -2.44. The van der Waals surface area contributed by atoms with Gasteiger partial charge in [-0.2, -0.15) is 0 Å². The number of benzene rings is 2. The van der Waals surface area contributed by atoms with Crippen LogP contribution in [0.2, 0.25) is 0 Å². The monoisotopic (exact) mass is 387 g/mol. The number of alkyl halides is 1. The molecule has 1 N–H and O–H groups in total. The molecule has 1 unspecified atom stereocenters. The molecule has 0 aliphatic carbocycles. The summed E-state index contributed by atoms with van der Waals surface area (Å²) in [6.07, 6.45) is 0. The number of ether oxygens (including phenoxy) is 2. The first-order chi connectivity index (χ1) is 13.2. The van der Waals surface area contributed by atoms with Gasteiger partial charge in [0.2, 0.25) is 0 Å². The molecule has 0 radical (unpaired) electrons. The molecule has 7 heteroatoms. The van der Waals surface area contributed by atoms with E-state index in [9.17, 15) is 4.79 Å². The molecular weight excluding hydrogens is 366 g/mol. The first kappa shape index (κ1) is 17.9. The highest BCUT2D eigenvalue weighted by molar-refractivity contribution is 6.25. The molecular formula is C20H22ClN3O3. The van der Waals surface area contributed by atoms with Crippen molar-refractivity contribution < 1.29 is 14.3 Å². The Labute approximate surface area is 163 Å². The van der Waals surface area contributed by atoms with Crippen molar-refractivity contribution in [2.45, 2.75) is 5.50 Å². The van der Waals surface area contributed by atoms with Gasteiger partial charge in [0.25, 0.3) is 5.91 Å². The van der Waals surface area contributed by atoms with Crippen LogP contribution in [0.5, 0.6) is 11.5 Å². The average Bonchev–Trinajstić information content (AvgIpc) is 2.73. The van der Waals surface area contributed by atoms with Crippen molar-refractivity contribution in [3.05, 3.63) is 48.0 Å². The highest BCUT2D eigenvalue weighted by Crippen LogP contribution is 2.47. The molecule has 6 nitrogen and oxygen atoms in total. The molecule has 2 aromatic carbocycles. The smallest absolute Gasteiger partial charge is 0.266 e. The molecule has 1 fully saturated rings. The van der Waals surface area contributed by atoms with E-state index in [0.29, 0.717) is 17.2 Å². The summed E-state index contributed by atoms with van der Waals surface area (Å²) < 4.78 is 11.4. The summed E-state index contributed by atoms with van der Waals surface area (Å²) in [6.45, 7) is 3.49. The number of methoxy groups -OCH3 is 1. The number of nitrogens with zero attached hydrogens (tertiary/aromatic N) is 2. The highest BCUT2D eigenvalue weighted by Gasteiger charge is 2.35. The molecule has 0 bridgehead atoms. The van der Waals surface area contributed by atoms with Gasteiger partial charge in [0.1, 0.15) is 11.3 Å². The van der Waals surface area contributed by atoms with Gasteiger partial charge in [-0.1, -0.05) is 41.9 Å². The van der Waals surface area contributed by atoms with E-state index < -0.39 is 5.50 Å². The third-order valence-corrected chi connectivity index (χ3v) is 5.33. The van der Waals surface area contributed by atoms with Gasteiger partial charge in [-0.15, -0.1) is 0 Å². The van der Waals surface area contributed by atoms with Gasteiger partial charge >= 0.3 is 0 Å². The van der Waals surface area contributed by atoms with Crippen LogP contribution < -0.4 is 24.6 Å². The predicted octanol–water partition coefficient (Wildman–Crippen LogP) is 2.77. The molecule has 2 aromatic rings. The second kappa shape index (κ2) is 7.66. The summed E-state index contributed by atoms with van der Waals surface area (Å²) in [5, 5.41) is 3.35. The van der Waals surface area contributed by atoms with E-state index in [2.05, 4.69) is 10.2 Å². The number of piperazine rings is 1. The fourth-order valence-electron chi connectivity index (χ4n) is 3.51. The van der Waals surface area contributed by atoms with Gasteiger partial charge in [0.05, 0.1) is 18.5 Å². The molecule has 0 aromatic heterocycles. The number of halogens is 1. The first-order valence-electron chi connectivity index (χ1n) is 9.00. The molecule has 2 aliphatic rings. The van der Waals surface area contributed by atoms with Crippen LogP contribution in [0, 0.1) is 0 Å². The quantitative estimate of drug-likeness (QED) is 0.645. The van der Waals surface area contributed by atoms with Crippen molar-refractivity contribution in [3.63, 3.8) is 0 Å². The normalized spacial score (nSPS) is 17.9. The summed E-state index contributed by atoms with van der Waals surface area (Å²) in [5.41, 5.74) is 1.81. The fraction of sp³-hybridized carbons (Fsp3) is 0.350. The zero-order valence-corrected chi connectivity index (χ0v) is 15.9. The third kappa shape index (κ3) is 3.42. The number of rotatable bonds is 4. The molecule has 0 saturated carbocycles. The maximum absolute atomic E-state index is 12.7. The summed E-state index contributed by atoms with van der Waals surface area (Å²) >= 11 is 6.73. The van der Waals surface area contributed by atoms with Crippen molar-refractivity contribution in [1.82, 2.24) is 5.32 Å². The molecule has 2 aliphatic heterocycles.